The van der Waals surface area contributed by atoms with Gasteiger partial charge in [0.15, 0.2) is 14.7 Å². The average molecular weight is 602 g/mol. The summed E-state index contributed by atoms with van der Waals surface area (Å²) < 4.78 is 35.1. The van der Waals surface area contributed by atoms with E-state index in [0.717, 1.165) is 18.8 Å². The summed E-state index contributed by atoms with van der Waals surface area (Å²) >= 11 is 0. The molecule has 5 heteroatoms. The Morgan fingerprint density at radius 1 is 0.476 bits per heavy atom. The van der Waals surface area contributed by atoms with Gasteiger partial charge in [0.25, 0.3) is 0 Å². The second kappa shape index (κ2) is 24.1. The van der Waals surface area contributed by atoms with Crippen LogP contribution in [0.2, 0.25) is 0 Å². The van der Waals surface area contributed by atoms with Gasteiger partial charge in [0.2, 0.25) is 0 Å². The Bertz CT molecular complexity index is 956. The molecule has 0 saturated heterocycles. The third kappa shape index (κ3) is 16.9. The first kappa shape index (κ1) is 35.8. The summed E-state index contributed by atoms with van der Waals surface area (Å²) in [6, 6.07) is 30.4. The summed E-state index contributed by atoms with van der Waals surface area (Å²) in [5, 5.41) is 0. The fourth-order valence-electron chi connectivity index (χ4n) is 5.03. The second-order valence-electron chi connectivity index (χ2n) is 10.8. The first-order valence-corrected chi connectivity index (χ1v) is 17.3. The van der Waals surface area contributed by atoms with Crippen LogP contribution in [-0.4, -0.2) is 13.3 Å². The maximum absolute atomic E-state index is 9.67. The molecule has 0 aliphatic rings. The molecule has 232 valence electrons. The van der Waals surface area contributed by atoms with Crippen molar-refractivity contribution in [2.75, 3.05) is 6.61 Å². The first-order valence-electron chi connectivity index (χ1n) is 16.1. The van der Waals surface area contributed by atoms with E-state index < -0.39 is 6.68 Å². The molecule has 0 aromatic heterocycles. The Kier molecular flexibility index (Phi) is 20.5. The molecule has 1 nitrogen and oxygen atoms in total. The van der Waals surface area contributed by atoms with Crippen LogP contribution in [0, 0.1) is 0 Å². The minimum atomic E-state index is -3.67. The number of hydrogen-bond donors (Lipinski definition) is 0. The zero-order valence-electron chi connectivity index (χ0n) is 25.6. The summed E-state index contributed by atoms with van der Waals surface area (Å²) in [5.41, 5.74) is 0. The molecule has 0 atom stereocenters. The number of alkyl halides is 3. The zero-order chi connectivity index (χ0) is 30.1. The first-order chi connectivity index (χ1) is 20.6. The molecule has 0 spiro atoms. The van der Waals surface area contributed by atoms with Crippen molar-refractivity contribution in [3.63, 3.8) is 0 Å². The van der Waals surface area contributed by atoms with Gasteiger partial charge in [-0.05, 0) is 55.0 Å². The smallest absolute Gasteiger partial charge is 0.379 e. The average Bonchev–Trinajstić information content (AvgIpc) is 3.00. The Labute approximate surface area is 256 Å². The van der Waals surface area contributed by atoms with Crippen molar-refractivity contribution < 1.29 is 17.9 Å². The van der Waals surface area contributed by atoms with E-state index in [9.17, 15) is 13.2 Å². The molecule has 3 aromatic carbocycles. The molecule has 0 saturated carbocycles. The van der Waals surface area contributed by atoms with E-state index in [1.165, 1.54) is 111 Å². The van der Waals surface area contributed by atoms with E-state index >= 15 is 0 Å². The number of halogens is 3. The van der Waals surface area contributed by atoms with Crippen molar-refractivity contribution >= 4 is 10.9 Å². The predicted molar refractivity (Wildman–Crippen MR) is 174 cm³/mol. The second-order valence-corrected chi connectivity index (χ2v) is 12.8. The van der Waals surface area contributed by atoms with Gasteiger partial charge in [-0.1, -0.05) is 140 Å². The standard InChI is InChI=1S/C36H51OS.CHF3/c1-2-3-4-5-6-7-8-9-10-11-12-13-14-15-16-23-32-37-33-28-30-36(31-29-33)38(34-24-19-17-20-25-34)35-26-21-18-22-27-35;2-1(3)4/h17-22,24-31H,2-16,23,32H2,1H3;1H/q+1;. The molecular weight excluding hydrogens is 549 g/mol. The maximum atomic E-state index is 9.67. The van der Waals surface area contributed by atoms with Gasteiger partial charge >= 0.3 is 6.68 Å². The third-order valence-corrected chi connectivity index (χ3v) is 9.51. The fourth-order valence-corrected chi connectivity index (χ4v) is 7.12. The Morgan fingerprint density at radius 2 is 0.810 bits per heavy atom. The van der Waals surface area contributed by atoms with Gasteiger partial charge in [-0.2, -0.15) is 13.2 Å². The maximum Gasteiger partial charge on any atom is 0.379 e. The van der Waals surface area contributed by atoms with Crippen LogP contribution in [0.4, 0.5) is 13.2 Å². The van der Waals surface area contributed by atoms with Crippen molar-refractivity contribution in [1.82, 2.24) is 0 Å². The quantitative estimate of drug-likeness (QED) is 0.0872. The van der Waals surface area contributed by atoms with Gasteiger partial charge in [-0.3, -0.25) is 0 Å². The molecule has 0 aliphatic heterocycles. The van der Waals surface area contributed by atoms with E-state index in [2.05, 4.69) is 91.9 Å². The highest BCUT2D eigenvalue weighted by molar-refractivity contribution is 7.97. The largest absolute Gasteiger partial charge is 0.494 e. The fraction of sp³-hybridized carbons (Fsp3) is 0.514. The lowest BCUT2D eigenvalue weighted by molar-refractivity contribution is 0.00819. The normalized spacial score (nSPS) is 11.0. The molecular formula is C37H52F3OS+. The van der Waals surface area contributed by atoms with Crippen molar-refractivity contribution in [3.05, 3.63) is 84.9 Å². The highest BCUT2D eigenvalue weighted by Gasteiger charge is 2.28. The molecule has 0 heterocycles. The highest BCUT2D eigenvalue weighted by Crippen LogP contribution is 2.32. The van der Waals surface area contributed by atoms with E-state index in [1.807, 2.05) is 0 Å². The van der Waals surface area contributed by atoms with Crippen LogP contribution in [0.3, 0.4) is 0 Å². The number of unbranched alkanes of at least 4 members (excludes halogenated alkanes) is 15. The number of ether oxygens (including phenoxy) is 1. The SMILES string of the molecule is CCCCCCCCCCCCCCCCCCOc1ccc([S+](c2ccccc2)c2ccccc2)cc1.FC(F)F. The number of benzene rings is 3. The van der Waals surface area contributed by atoms with Crippen LogP contribution in [0.1, 0.15) is 110 Å². The summed E-state index contributed by atoms with van der Waals surface area (Å²) in [7, 11) is -0.0968. The van der Waals surface area contributed by atoms with Gasteiger partial charge in [0.1, 0.15) is 5.75 Å². The van der Waals surface area contributed by atoms with E-state index in [-0.39, 0.29) is 10.9 Å². The van der Waals surface area contributed by atoms with Crippen LogP contribution < -0.4 is 4.74 Å². The Hall–Kier alpha value is -2.40. The topological polar surface area (TPSA) is 9.23 Å². The van der Waals surface area contributed by atoms with Crippen LogP contribution in [0.5, 0.6) is 5.75 Å². The molecule has 0 N–H and O–H groups in total. The monoisotopic (exact) mass is 601 g/mol. The van der Waals surface area contributed by atoms with Gasteiger partial charge < -0.3 is 4.74 Å². The summed E-state index contributed by atoms with van der Waals surface area (Å²) in [4.78, 5) is 4.03. The summed E-state index contributed by atoms with van der Waals surface area (Å²) in [6.07, 6.45) is 22.4. The van der Waals surface area contributed by atoms with Crippen LogP contribution in [0.15, 0.2) is 99.6 Å². The molecule has 0 aliphatic carbocycles. The summed E-state index contributed by atoms with van der Waals surface area (Å²) in [5.74, 6) is 0.986. The van der Waals surface area contributed by atoms with Gasteiger partial charge in [0, 0.05) is 0 Å². The van der Waals surface area contributed by atoms with E-state index in [0.29, 0.717) is 0 Å². The minimum Gasteiger partial charge on any atom is -0.494 e. The van der Waals surface area contributed by atoms with Crippen LogP contribution in [0.25, 0.3) is 0 Å². The Morgan fingerprint density at radius 3 is 1.19 bits per heavy atom. The van der Waals surface area contributed by atoms with Gasteiger partial charge in [-0.25, -0.2) is 0 Å². The number of rotatable bonds is 21. The van der Waals surface area contributed by atoms with Crippen molar-refractivity contribution in [1.29, 1.82) is 0 Å². The molecule has 0 unspecified atom stereocenters. The Balaban J connectivity index is 0.00000144. The molecule has 0 amide bonds. The van der Waals surface area contributed by atoms with Gasteiger partial charge in [0.05, 0.1) is 17.5 Å². The van der Waals surface area contributed by atoms with Crippen molar-refractivity contribution in [2.45, 2.75) is 131 Å². The van der Waals surface area contributed by atoms with E-state index in [1.54, 1.807) is 0 Å². The van der Waals surface area contributed by atoms with Crippen LogP contribution in [-0.2, 0) is 10.9 Å². The summed E-state index contributed by atoms with van der Waals surface area (Å²) in [6.45, 7) is -0.551. The molecule has 3 aromatic rings. The van der Waals surface area contributed by atoms with Crippen LogP contribution >= 0.6 is 0 Å². The highest BCUT2D eigenvalue weighted by atomic mass is 32.2. The molecule has 3 rings (SSSR count). The molecule has 0 radical (unpaired) electrons. The number of hydrogen-bond acceptors (Lipinski definition) is 1. The lowest BCUT2D eigenvalue weighted by atomic mass is 10.0. The molecule has 42 heavy (non-hydrogen) atoms. The predicted octanol–water partition coefficient (Wildman–Crippen LogP) is 12.6. The zero-order valence-corrected chi connectivity index (χ0v) is 26.4. The van der Waals surface area contributed by atoms with Crippen molar-refractivity contribution in [3.8, 4) is 5.75 Å². The minimum absolute atomic E-state index is 0.0968. The third-order valence-electron chi connectivity index (χ3n) is 7.28. The molecule has 0 fully saturated rings. The van der Waals surface area contributed by atoms with Crippen molar-refractivity contribution in [2.24, 2.45) is 0 Å². The lowest BCUT2D eigenvalue weighted by Gasteiger charge is -2.10. The lowest BCUT2D eigenvalue weighted by Crippen LogP contribution is -2.04. The van der Waals surface area contributed by atoms with Gasteiger partial charge in [-0.15, -0.1) is 0 Å². The molecule has 0 bridgehead atoms. The van der Waals surface area contributed by atoms with E-state index in [4.69, 9.17) is 4.74 Å².